The molecule has 1 amide bonds. The number of benzene rings is 1. The van der Waals surface area contributed by atoms with Gasteiger partial charge in [-0.25, -0.2) is 4.98 Å². The number of hydrogen-bond acceptors (Lipinski definition) is 6. The number of piperazine rings is 1. The van der Waals surface area contributed by atoms with E-state index in [4.69, 9.17) is 4.42 Å². The van der Waals surface area contributed by atoms with Crippen LogP contribution in [0.15, 0.2) is 28.7 Å². The van der Waals surface area contributed by atoms with E-state index in [0.29, 0.717) is 23.9 Å². The van der Waals surface area contributed by atoms with Crippen molar-refractivity contribution in [1.82, 2.24) is 20.1 Å². The van der Waals surface area contributed by atoms with Crippen LogP contribution in [0.4, 0.5) is 0 Å². The zero-order valence-corrected chi connectivity index (χ0v) is 22.1. The highest BCUT2D eigenvalue weighted by atomic mass is 32.2. The van der Waals surface area contributed by atoms with Gasteiger partial charge >= 0.3 is 0 Å². The molecule has 1 N–H and O–H groups in total. The molecule has 7 nitrogen and oxygen atoms in total. The van der Waals surface area contributed by atoms with Crippen molar-refractivity contribution >= 4 is 16.7 Å². The van der Waals surface area contributed by atoms with E-state index < -0.39 is 10.8 Å². The lowest BCUT2D eigenvalue weighted by Gasteiger charge is -2.40. The van der Waals surface area contributed by atoms with Crippen molar-refractivity contribution < 1.29 is 13.4 Å². The Kier molecular flexibility index (Phi) is 9.52. The fraction of sp³-hybridized carbons (Fsp3) is 0.630. The lowest BCUT2D eigenvalue weighted by molar-refractivity contribution is -0.118. The minimum atomic E-state index is -1.33. The van der Waals surface area contributed by atoms with Gasteiger partial charge in [0.1, 0.15) is 11.5 Å². The summed E-state index contributed by atoms with van der Waals surface area (Å²) in [6, 6.07) is 8.75. The molecular weight excluding hydrogens is 460 g/mol. The lowest BCUT2D eigenvalue weighted by atomic mass is 9.94. The molecule has 0 spiro atoms. The van der Waals surface area contributed by atoms with E-state index >= 15 is 0 Å². The van der Waals surface area contributed by atoms with Crippen molar-refractivity contribution in [2.45, 2.75) is 64.2 Å². The minimum Gasteiger partial charge on any atom is -0.441 e. The number of carbonyl (C=O) groups is 1. The number of aryl methyl sites for hydroxylation is 2. The number of carbonyl (C=O) groups excluding carboxylic acids is 1. The van der Waals surface area contributed by atoms with E-state index in [-0.39, 0.29) is 17.4 Å². The Morgan fingerprint density at radius 1 is 1.09 bits per heavy atom. The molecule has 1 saturated heterocycles. The second-order valence-electron chi connectivity index (χ2n) is 9.99. The summed E-state index contributed by atoms with van der Waals surface area (Å²) in [5.41, 5.74) is 2.71. The number of nitrogens with zero attached hydrogens (tertiary/aromatic N) is 3. The molecule has 1 atom stereocenters. The van der Waals surface area contributed by atoms with Crippen LogP contribution < -0.4 is 5.32 Å². The van der Waals surface area contributed by atoms with E-state index in [1.54, 1.807) is 0 Å². The average Bonchev–Trinajstić information content (AvgIpc) is 3.23. The molecular formula is C27H40N4O3S. The van der Waals surface area contributed by atoms with E-state index in [1.165, 1.54) is 50.8 Å². The first-order valence-electron chi connectivity index (χ1n) is 13.1. The molecule has 1 aromatic heterocycles. The Hall–Kier alpha value is -2.03. The van der Waals surface area contributed by atoms with Gasteiger partial charge in [0.25, 0.3) is 0 Å². The van der Waals surface area contributed by atoms with Gasteiger partial charge in [0.2, 0.25) is 11.8 Å². The predicted molar refractivity (Wildman–Crippen MR) is 141 cm³/mol. The first kappa shape index (κ1) is 26.0. The van der Waals surface area contributed by atoms with Gasteiger partial charge in [-0.05, 0) is 51.8 Å². The summed E-state index contributed by atoms with van der Waals surface area (Å²) in [6.45, 7) is 10.1. The van der Waals surface area contributed by atoms with Gasteiger partial charge in [0.15, 0.2) is 0 Å². The third-order valence-electron chi connectivity index (χ3n) is 7.25. The summed E-state index contributed by atoms with van der Waals surface area (Å²) >= 11 is 0. The summed E-state index contributed by atoms with van der Waals surface area (Å²) in [6.07, 6.45) is 7.85. The van der Waals surface area contributed by atoms with Crippen LogP contribution in [-0.4, -0.2) is 76.0 Å². The molecule has 2 aliphatic rings. The number of rotatable bonds is 10. The molecule has 1 aliphatic heterocycles. The van der Waals surface area contributed by atoms with E-state index in [9.17, 15) is 9.00 Å². The molecule has 2 aromatic rings. The molecule has 1 aliphatic carbocycles. The smallest absolute Gasteiger partial charge is 0.232 e. The minimum absolute atomic E-state index is 0.00771. The number of nitrogens with one attached hydrogen (secondary N) is 1. The highest BCUT2D eigenvalue weighted by Crippen LogP contribution is 2.24. The topological polar surface area (TPSA) is 78.7 Å². The van der Waals surface area contributed by atoms with E-state index in [1.807, 2.05) is 38.1 Å². The van der Waals surface area contributed by atoms with Gasteiger partial charge in [-0.2, -0.15) is 0 Å². The largest absolute Gasteiger partial charge is 0.441 e. The van der Waals surface area contributed by atoms with Crippen molar-refractivity contribution in [2.75, 3.05) is 45.0 Å². The molecule has 0 unspecified atom stereocenters. The van der Waals surface area contributed by atoms with Crippen LogP contribution >= 0.6 is 0 Å². The maximum Gasteiger partial charge on any atom is 0.232 e. The summed E-state index contributed by atoms with van der Waals surface area (Å²) in [5, 5.41) is 2.94. The highest BCUT2D eigenvalue weighted by Gasteiger charge is 2.24. The number of oxazole rings is 1. The lowest BCUT2D eigenvalue weighted by Crippen LogP contribution is -2.51. The maximum absolute atomic E-state index is 12.6. The molecule has 1 aromatic carbocycles. The molecule has 35 heavy (non-hydrogen) atoms. The van der Waals surface area contributed by atoms with E-state index in [0.717, 1.165) is 37.7 Å². The fourth-order valence-corrected chi connectivity index (χ4v) is 6.18. The van der Waals surface area contributed by atoms with Gasteiger partial charge < -0.3 is 14.6 Å². The predicted octanol–water partition coefficient (Wildman–Crippen LogP) is 3.66. The Labute approximate surface area is 212 Å². The number of hydrogen-bond donors (Lipinski definition) is 1. The normalized spacial score (nSPS) is 19.0. The zero-order chi connectivity index (χ0) is 24.6. The van der Waals surface area contributed by atoms with E-state index in [2.05, 4.69) is 20.1 Å². The summed E-state index contributed by atoms with van der Waals surface area (Å²) in [5.74, 6) is 1.23. The van der Waals surface area contributed by atoms with Gasteiger partial charge in [0.05, 0.1) is 11.4 Å². The SMILES string of the molecule is Cc1ccc(-c2nc(C[S@](=O)CC(=O)NCCCN3CCN(C4CCCCC4)CC3)c(C)o2)cc1. The Morgan fingerprint density at radius 3 is 2.51 bits per heavy atom. The molecule has 2 heterocycles. The standard InChI is InChI=1S/C27H40N4O3S/c1-21-9-11-23(12-10-21)27-29-25(22(2)34-27)19-35(33)20-26(32)28-13-6-14-30-15-17-31(18-16-30)24-7-4-3-5-8-24/h9-12,24H,3-8,13-20H2,1-2H3,(H,28,32)/t35-/m0/s1. The van der Waals surface area contributed by atoms with Crippen LogP contribution in [0.25, 0.3) is 11.5 Å². The van der Waals surface area contributed by atoms with Gasteiger partial charge in [-0.1, -0.05) is 37.0 Å². The molecule has 0 bridgehead atoms. The van der Waals surface area contributed by atoms with Gasteiger partial charge in [-0.3, -0.25) is 13.9 Å². The molecule has 8 heteroatoms. The second kappa shape index (κ2) is 12.8. The molecule has 1 saturated carbocycles. The average molecular weight is 501 g/mol. The zero-order valence-electron chi connectivity index (χ0n) is 21.3. The van der Waals surface area contributed by atoms with Crippen LogP contribution in [0.1, 0.15) is 55.5 Å². The second-order valence-corrected chi connectivity index (χ2v) is 11.4. The van der Waals surface area contributed by atoms with Gasteiger partial charge in [-0.15, -0.1) is 0 Å². The molecule has 192 valence electrons. The monoisotopic (exact) mass is 500 g/mol. The van der Waals surface area contributed by atoms with Crippen molar-refractivity contribution in [1.29, 1.82) is 0 Å². The third-order valence-corrected chi connectivity index (χ3v) is 8.43. The highest BCUT2D eigenvalue weighted by molar-refractivity contribution is 7.84. The molecule has 2 fully saturated rings. The van der Waals surface area contributed by atoms with Crippen LogP contribution in [0.5, 0.6) is 0 Å². The maximum atomic E-state index is 12.6. The molecule has 0 radical (unpaired) electrons. The van der Waals surface area contributed by atoms with Crippen molar-refractivity contribution in [3.63, 3.8) is 0 Å². The number of amides is 1. The quantitative estimate of drug-likeness (QED) is 0.502. The van der Waals surface area contributed by atoms with Crippen molar-refractivity contribution in [2.24, 2.45) is 0 Å². The first-order chi connectivity index (χ1) is 17.0. The summed E-state index contributed by atoms with van der Waals surface area (Å²) in [4.78, 5) is 22.0. The first-order valence-corrected chi connectivity index (χ1v) is 14.6. The number of aromatic nitrogens is 1. The summed E-state index contributed by atoms with van der Waals surface area (Å²) < 4.78 is 18.3. The van der Waals surface area contributed by atoms with Gasteiger partial charge in [0, 0.05) is 55.1 Å². The van der Waals surface area contributed by atoms with Crippen LogP contribution in [-0.2, 0) is 21.3 Å². The van der Waals surface area contributed by atoms with Crippen molar-refractivity contribution in [3.05, 3.63) is 41.3 Å². The van der Waals surface area contributed by atoms with Crippen LogP contribution in [0.3, 0.4) is 0 Å². The van der Waals surface area contributed by atoms with Crippen LogP contribution in [0.2, 0.25) is 0 Å². The van der Waals surface area contributed by atoms with Crippen molar-refractivity contribution in [3.8, 4) is 11.5 Å². The Bertz CT molecular complexity index is 977. The Morgan fingerprint density at radius 2 is 1.80 bits per heavy atom. The Balaban J connectivity index is 1.12. The molecule has 4 rings (SSSR count). The summed E-state index contributed by atoms with van der Waals surface area (Å²) in [7, 11) is -1.33. The fourth-order valence-electron chi connectivity index (χ4n) is 5.11. The van der Waals surface area contributed by atoms with Crippen LogP contribution in [0, 0.1) is 13.8 Å². The third kappa shape index (κ3) is 7.72.